The number of nitrogens with two attached hydrogens (primary N) is 1. The van der Waals surface area contributed by atoms with Gasteiger partial charge in [-0.05, 0) is 57.6 Å². The molecule has 0 radical (unpaired) electrons. The van der Waals surface area contributed by atoms with Crippen molar-refractivity contribution in [3.63, 3.8) is 0 Å². The summed E-state index contributed by atoms with van der Waals surface area (Å²) in [6.07, 6.45) is -1.40. The predicted octanol–water partition coefficient (Wildman–Crippen LogP) is 4.70. The van der Waals surface area contributed by atoms with E-state index < -0.39 is 18.2 Å². The van der Waals surface area contributed by atoms with Crippen LogP contribution in [0.25, 0.3) is 11.1 Å². The molecule has 10 heteroatoms. The van der Waals surface area contributed by atoms with E-state index in [9.17, 15) is 19.2 Å². The summed E-state index contributed by atoms with van der Waals surface area (Å²) in [7, 11) is 0. The van der Waals surface area contributed by atoms with Gasteiger partial charge in [-0.1, -0.05) is 72.8 Å². The number of carbonyl (C=O) groups excluding carboxylic acids is 4. The summed E-state index contributed by atoms with van der Waals surface area (Å²) in [6.45, 7) is 0.440. The van der Waals surface area contributed by atoms with Gasteiger partial charge in [-0.25, -0.2) is 9.59 Å². The Kier molecular flexibility index (Phi) is 9.51. The average molecular weight is 594 g/mol. The summed E-state index contributed by atoms with van der Waals surface area (Å²) in [5, 5.41) is 5.39. The van der Waals surface area contributed by atoms with Crippen LogP contribution >= 0.6 is 0 Å². The van der Waals surface area contributed by atoms with E-state index in [0.29, 0.717) is 12.1 Å². The SMILES string of the molecule is NC(=O)c1ccc(CNC(=O)Cc2ccc(OC(=O)OCCNC(=O)OCC3c4ccccc4-c4ccccc43)cc2)cc1. The quantitative estimate of drug-likeness (QED) is 0.130. The van der Waals surface area contributed by atoms with Crippen molar-refractivity contribution < 1.29 is 33.4 Å². The average Bonchev–Trinajstić information content (AvgIpc) is 3.36. The minimum absolute atomic E-state index is 0.0473. The number of benzene rings is 4. The third-order valence-electron chi connectivity index (χ3n) is 7.15. The molecular weight excluding hydrogens is 562 g/mol. The van der Waals surface area contributed by atoms with Crippen molar-refractivity contribution in [1.82, 2.24) is 10.6 Å². The van der Waals surface area contributed by atoms with E-state index >= 15 is 0 Å². The molecule has 3 amide bonds. The Bertz CT molecular complexity index is 1610. The number of rotatable bonds is 11. The van der Waals surface area contributed by atoms with E-state index in [2.05, 4.69) is 22.8 Å². The Balaban J connectivity index is 0.977. The minimum atomic E-state index is -0.924. The first-order chi connectivity index (χ1) is 21.4. The number of primary amides is 1. The van der Waals surface area contributed by atoms with Crippen molar-refractivity contribution in [2.24, 2.45) is 5.73 Å². The number of fused-ring (bicyclic) bond motifs is 3. The molecule has 0 atom stereocenters. The van der Waals surface area contributed by atoms with Crippen molar-refractivity contribution in [1.29, 1.82) is 0 Å². The summed E-state index contributed by atoms with van der Waals surface area (Å²) in [4.78, 5) is 47.8. The Morgan fingerprint density at radius 1 is 0.705 bits per heavy atom. The molecule has 10 nitrogen and oxygen atoms in total. The van der Waals surface area contributed by atoms with Crippen molar-refractivity contribution in [3.8, 4) is 16.9 Å². The molecule has 0 saturated heterocycles. The van der Waals surface area contributed by atoms with Crippen LogP contribution in [0.5, 0.6) is 5.75 Å². The number of alkyl carbamates (subject to hydrolysis) is 1. The Hall–Kier alpha value is -5.64. The number of amides is 3. The minimum Gasteiger partial charge on any atom is -0.449 e. The fourth-order valence-corrected chi connectivity index (χ4v) is 4.97. The molecule has 4 aromatic rings. The fraction of sp³-hybridized carbons (Fsp3) is 0.176. The van der Waals surface area contributed by atoms with Gasteiger partial charge in [0.2, 0.25) is 11.8 Å². The maximum absolute atomic E-state index is 12.3. The number of hydrogen-bond donors (Lipinski definition) is 3. The van der Waals surface area contributed by atoms with Gasteiger partial charge in [0.15, 0.2) is 0 Å². The van der Waals surface area contributed by atoms with Crippen LogP contribution in [0.3, 0.4) is 0 Å². The first kappa shape index (κ1) is 29.8. The lowest BCUT2D eigenvalue weighted by Gasteiger charge is -2.14. The highest BCUT2D eigenvalue weighted by atomic mass is 16.7. The summed E-state index contributed by atoms with van der Waals surface area (Å²) < 4.78 is 15.7. The lowest BCUT2D eigenvalue weighted by Crippen LogP contribution is -2.30. The zero-order chi connectivity index (χ0) is 30.9. The molecule has 0 heterocycles. The molecular formula is C34H31N3O7. The van der Waals surface area contributed by atoms with Crippen LogP contribution in [0.2, 0.25) is 0 Å². The third kappa shape index (κ3) is 7.60. The molecule has 1 aliphatic carbocycles. The van der Waals surface area contributed by atoms with Crippen LogP contribution in [0, 0.1) is 0 Å². The van der Waals surface area contributed by atoms with E-state index in [1.54, 1.807) is 48.5 Å². The van der Waals surface area contributed by atoms with Crippen LogP contribution in [-0.4, -0.2) is 43.8 Å². The fourth-order valence-electron chi connectivity index (χ4n) is 4.97. The predicted molar refractivity (Wildman–Crippen MR) is 162 cm³/mol. The van der Waals surface area contributed by atoms with E-state index in [0.717, 1.165) is 33.4 Å². The van der Waals surface area contributed by atoms with Crippen molar-refractivity contribution >= 4 is 24.1 Å². The zero-order valence-corrected chi connectivity index (χ0v) is 23.8. The van der Waals surface area contributed by atoms with Crippen LogP contribution in [0.15, 0.2) is 97.1 Å². The number of ether oxygens (including phenoxy) is 3. The summed E-state index contributed by atoms with van der Waals surface area (Å²) >= 11 is 0. The summed E-state index contributed by atoms with van der Waals surface area (Å²) in [5.74, 6) is -0.502. The van der Waals surface area contributed by atoms with E-state index in [-0.39, 0.29) is 43.8 Å². The molecule has 4 N–H and O–H groups in total. The number of nitrogens with one attached hydrogen (secondary N) is 2. The highest BCUT2D eigenvalue weighted by Crippen LogP contribution is 2.44. The van der Waals surface area contributed by atoms with Gasteiger partial charge in [0.05, 0.1) is 13.0 Å². The maximum atomic E-state index is 12.3. The van der Waals surface area contributed by atoms with Gasteiger partial charge in [0.1, 0.15) is 19.0 Å². The molecule has 0 aromatic heterocycles. The van der Waals surface area contributed by atoms with Gasteiger partial charge < -0.3 is 30.6 Å². The highest BCUT2D eigenvalue weighted by Gasteiger charge is 2.29. The van der Waals surface area contributed by atoms with E-state index in [1.807, 2.05) is 36.4 Å². The van der Waals surface area contributed by atoms with Crippen LogP contribution < -0.4 is 21.1 Å². The van der Waals surface area contributed by atoms with Crippen molar-refractivity contribution in [3.05, 3.63) is 125 Å². The molecule has 0 unspecified atom stereocenters. The van der Waals surface area contributed by atoms with Gasteiger partial charge in [-0.3, -0.25) is 9.59 Å². The molecule has 4 aromatic carbocycles. The first-order valence-corrected chi connectivity index (χ1v) is 14.0. The Labute approximate surface area is 254 Å². The smallest absolute Gasteiger partial charge is 0.449 e. The summed E-state index contributed by atoms with van der Waals surface area (Å²) in [6, 6.07) is 29.3. The molecule has 0 saturated carbocycles. The van der Waals surface area contributed by atoms with Gasteiger partial charge in [0, 0.05) is 18.0 Å². The third-order valence-corrected chi connectivity index (χ3v) is 7.15. The highest BCUT2D eigenvalue weighted by molar-refractivity contribution is 5.92. The lowest BCUT2D eigenvalue weighted by atomic mass is 9.98. The normalized spacial score (nSPS) is 11.5. The molecule has 0 fully saturated rings. The monoisotopic (exact) mass is 593 g/mol. The molecule has 0 bridgehead atoms. The van der Waals surface area contributed by atoms with Crippen molar-refractivity contribution in [2.75, 3.05) is 19.8 Å². The van der Waals surface area contributed by atoms with E-state index in [1.165, 1.54) is 0 Å². The van der Waals surface area contributed by atoms with Crippen LogP contribution in [0.4, 0.5) is 9.59 Å². The number of carbonyl (C=O) groups is 4. The van der Waals surface area contributed by atoms with Crippen LogP contribution in [0.1, 0.15) is 38.5 Å². The second kappa shape index (κ2) is 14.0. The van der Waals surface area contributed by atoms with Crippen molar-refractivity contribution in [2.45, 2.75) is 18.9 Å². The summed E-state index contributed by atoms with van der Waals surface area (Å²) in [5.41, 5.74) is 11.7. The first-order valence-electron chi connectivity index (χ1n) is 14.0. The zero-order valence-electron chi connectivity index (χ0n) is 23.8. The molecule has 44 heavy (non-hydrogen) atoms. The largest absolute Gasteiger partial charge is 0.513 e. The second-order valence-corrected chi connectivity index (χ2v) is 10.1. The van der Waals surface area contributed by atoms with Gasteiger partial charge >= 0.3 is 12.2 Å². The number of hydrogen-bond acceptors (Lipinski definition) is 7. The van der Waals surface area contributed by atoms with Gasteiger partial charge in [0.25, 0.3) is 0 Å². The topological polar surface area (TPSA) is 146 Å². The standard InChI is InChI=1S/C34H31N3O7/c35-32(39)24-13-9-23(10-14-24)20-37-31(38)19-22-11-15-25(16-12-22)44-34(41)42-18-17-36-33(40)43-21-30-28-7-3-1-5-26(28)27-6-2-4-8-29(27)30/h1-16,30H,17-21H2,(H2,35,39)(H,36,40)(H,37,38). The maximum Gasteiger partial charge on any atom is 0.513 e. The molecule has 224 valence electrons. The van der Waals surface area contributed by atoms with Gasteiger partial charge in [-0.15, -0.1) is 0 Å². The van der Waals surface area contributed by atoms with E-state index in [4.69, 9.17) is 19.9 Å². The molecule has 0 aliphatic heterocycles. The Morgan fingerprint density at radius 2 is 1.32 bits per heavy atom. The molecule has 1 aliphatic rings. The lowest BCUT2D eigenvalue weighted by molar-refractivity contribution is -0.120. The molecule has 5 rings (SSSR count). The molecule has 0 spiro atoms. The second-order valence-electron chi connectivity index (χ2n) is 10.1. The Morgan fingerprint density at radius 3 is 1.95 bits per heavy atom. The van der Waals surface area contributed by atoms with Gasteiger partial charge in [-0.2, -0.15) is 0 Å². The van der Waals surface area contributed by atoms with Crippen LogP contribution in [-0.2, 0) is 27.2 Å².